The van der Waals surface area contributed by atoms with Crippen LogP contribution in [0.15, 0.2) is 12.3 Å². The average molecular weight is 277 g/mol. The van der Waals surface area contributed by atoms with Crippen molar-refractivity contribution in [1.29, 1.82) is 0 Å². The molecule has 2 heterocycles. The maximum absolute atomic E-state index is 5.83. The highest BCUT2D eigenvalue weighted by Gasteiger charge is 2.24. The van der Waals surface area contributed by atoms with Crippen molar-refractivity contribution in [3.63, 3.8) is 0 Å². The minimum atomic E-state index is 0.276. The summed E-state index contributed by atoms with van der Waals surface area (Å²) >= 11 is 0. The third kappa shape index (κ3) is 3.93. The average Bonchev–Trinajstić information content (AvgIpc) is 2.36. The van der Waals surface area contributed by atoms with E-state index in [-0.39, 0.29) is 12.2 Å². The zero-order chi connectivity index (χ0) is 14.7. The molecule has 20 heavy (non-hydrogen) atoms. The highest BCUT2D eigenvalue weighted by molar-refractivity contribution is 5.54. The molecule has 0 radical (unpaired) electrons. The van der Waals surface area contributed by atoms with Crippen LogP contribution in [0.1, 0.15) is 39.0 Å². The summed E-state index contributed by atoms with van der Waals surface area (Å²) in [5, 5.41) is 3.49. The predicted octanol–water partition coefficient (Wildman–Crippen LogP) is 2.50. The fraction of sp³-hybridized carbons (Fsp3) is 0.688. The van der Waals surface area contributed by atoms with Gasteiger partial charge in [-0.25, -0.2) is 0 Å². The van der Waals surface area contributed by atoms with Crippen molar-refractivity contribution in [3.8, 4) is 0 Å². The summed E-state index contributed by atoms with van der Waals surface area (Å²) in [4.78, 5) is 6.89. The number of ether oxygens (including phenoxy) is 1. The topological polar surface area (TPSA) is 37.4 Å². The molecular formula is C16H27N3O. The van der Waals surface area contributed by atoms with E-state index in [4.69, 9.17) is 4.74 Å². The van der Waals surface area contributed by atoms with Crippen molar-refractivity contribution in [2.24, 2.45) is 0 Å². The molecule has 1 aromatic heterocycles. The molecule has 0 bridgehead atoms. The van der Waals surface area contributed by atoms with Gasteiger partial charge in [0.25, 0.3) is 0 Å². The number of aromatic nitrogens is 1. The lowest BCUT2D eigenvalue weighted by molar-refractivity contribution is -0.00527. The minimum absolute atomic E-state index is 0.276. The third-order valence-electron chi connectivity index (χ3n) is 3.56. The Balaban J connectivity index is 2.21. The molecule has 2 atom stereocenters. The molecule has 4 heteroatoms. The van der Waals surface area contributed by atoms with Crippen LogP contribution in [0.4, 0.5) is 5.69 Å². The van der Waals surface area contributed by atoms with E-state index in [2.05, 4.69) is 55.9 Å². The van der Waals surface area contributed by atoms with Gasteiger partial charge in [0.1, 0.15) is 0 Å². The molecule has 1 fully saturated rings. The lowest BCUT2D eigenvalue weighted by atomic mass is 10.1. The number of morpholine rings is 1. The first kappa shape index (κ1) is 15.3. The predicted molar refractivity (Wildman–Crippen MR) is 83.2 cm³/mol. The van der Waals surface area contributed by atoms with E-state index in [0.29, 0.717) is 6.04 Å². The van der Waals surface area contributed by atoms with Crippen LogP contribution < -0.4 is 10.2 Å². The normalized spacial score (nSPS) is 23.4. The molecule has 112 valence electrons. The van der Waals surface area contributed by atoms with Gasteiger partial charge in [-0.1, -0.05) is 13.8 Å². The number of nitrogens with one attached hydrogen (secondary N) is 1. The molecule has 0 aliphatic carbocycles. The second kappa shape index (κ2) is 6.55. The fourth-order valence-corrected chi connectivity index (χ4v) is 2.69. The molecule has 0 saturated carbocycles. The van der Waals surface area contributed by atoms with Crippen LogP contribution in [0.25, 0.3) is 0 Å². The summed E-state index contributed by atoms with van der Waals surface area (Å²) in [6.07, 6.45) is 2.56. The number of anilines is 1. The molecule has 1 aromatic rings. The first-order valence-electron chi connectivity index (χ1n) is 7.55. The van der Waals surface area contributed by atoms with Gasteiger partial charge in [0.15, 0.2) is 0 Å². The highest BCUT2D eigenvalue weighted by atomic mass is 16.5. The molecule has 1 saturated heterocycles. The van der Waals surface area contributed by atoms with Crippen molar-refractivity contribution in [2.75, 3.05) is 18.0 Å². The van der Waals surface area contributed by atoms with Crippen molar-refractivity contribution >= 4 is 5.69 Å². The van der Waals surface area contributed by atoms with E-state index in [1.807, 2.05) is 6.20 Å². The SMILES string of the molecule is Cc1cc(N2C[C@@H](C)O[C@@H](C)C2)c(CNC(C)C)cn1. The van der Waals surface area contributed by atoms with Gasteiger partial charge in [0.05, 0.1) is 12.2 Å². The Bertz CT molecular complexity index is 437. The maximum atomic E-state index is 5.83. The Labute approximate surface area is 122 Å². The number of pyridine rings is 1. The molecule has 0 unspecified atom stereocenters. The number of hydrogen-bond donors (Lipinski definition) is 1. The van der Waals surface area contributed by atoms with Crippen LogP contribution in [0, 0.1) is 6.92 Å². The summed E-state index contributed by atoms with van der Waals surface area (Å²) in [5.41, 5.74) is 3.64. The van der Waals surface area contributed by atoms with Crippen molar-refractivity contribution in [2.45, 2.75) is 59.4 Å². The molecule has 1 aliphatic heterocycles. The first-order chi connectivity index (χ1) is 9.45. The summed E-state index contributed by atoms with van der Waals surface area (Å²) in [6.45, 7) is 13.4. The van der Waals surface area contributed by atoms with E-state index < -0.39 is 0 Å². The molecule has 1 N–H and O–H groups in total. The van der Waals surface area contributed by atoms with E-state index in [1.165, 1.54) is 11.3 Å². The maximum Gasteiger partial charge on any atom is 0.0726 e. The zero-order valence-electron chi connectivity index (χ0n) is 13.3. The van der Waals surface area contributed by atoms with Crippen molar-refractivity contribution in [1.82, 2.24) is 10.3 Å². The Morgan fingerprint density at radius 2 is 2.00 bits per heavy atom. The lowest BCUT2D eigenvalue weighted by Crippen LogP contribution is -2.46. The molecule has 1 aliphatic rings. The quantitative estimate of drug-likeness (QED) is 0.917. The largest absolute Gasteiger partial charge is 0.372 e. The van der Waals surface area contributed by atoms with Gasteiger partial charge in [-0.3, -0.25) is 4.98 Å². The van der Waals surface area contributed by atoms with Gasteiger partial charge in [-0.15, -0.1) is 0 Å². The molecule has 0 spiro atoms. The number of rotatable bonds is 4. The van der Waals surface area contributed by atoms with Gasteiger partial charge in [0, 0.05) is 48.8 Å². The van der Waals surface area contributed by atoms with Crippen molar-refractivity contribution < 1.29 is 4.74 Å². The lowest BCUT2D eigenvalue weighted by Gasteiger charge is -2.38. The number of nitrogens with zero attached hydrogens (tertiary/aromatic N) is 2. The Morgan fingerprint density at radius 1 is 1.35 bits per heavy atom. The first-order valence-corrected chi connectivity index (χ1v) is 7.55. The van der Waals surface area contributed by atoms with Gasteiger partial charge in [-0.05, 0) is 26.8 Å². The van der Waals surface area contributed by atoms with Crippen LogP contribution in [-0.2, 0) is 11.3 Å². The van der Waals surface area contributed by atoms with E-state index >= 15 is 0 Å². The van der Waals surface area contributed by atoms with Crippen LogP contribution in [0.2, 0.25) is 0 Å². The van der Waals surface area contributed by atoms with Gasteiger partial charge in [-0.2, -0.15) is 0 Å². The number of hydrogen-bond acceptors (Lipinski definition) is 4. The Hall–Kier alpha value is -1.13. The van der Waals surface area contributed by atoms with Crippen LogP contribution in [0.3, 0.4) is 0 Å². The van der Waals surface area contributed by atoms with E-state index in [9.17, 15) is 0 Å². The minimum Gasteiger partial charge on any atom is -0.372 e. The molecule has 4 nitrogen and oxygen atoms in total. The standard InChI is InChI=1S/C16H27N3O/c1-11(2)17-7-15-8-18-12(3)6-16(15)19-9-13(4)20-14(5)10-19/h6,8,11,13-14,17H,7,9-10H2,1-5H3/t13-,14+. The van der Waals surface area contributed by atoms with Crippen LogP contribution in [0.5, 0.6) is 0 Å². The smallest absolute Gasteiger partial charge is 0.0726 e. The van der Waals surface area contributed by atoms with Crippen LogP contribution in [-0.4, -0.2) is 36.3 Å². The van der Waals surface area contributed by atoms with Crippen LogP contribution >= 0.6 is 0 Å². The number of aryl methyl sites for hydroxylation is 1. The fourth-order valence-electron chi connectivity index (χ4n) is 2.69. The molecule has 0 aromatic carbocycles. The van der Waals surface area contributed by atoms with E-state index in [0.717, 1.165) is 25.3 Å². The summed E-state index contributed by atoms with van der Waals surface area (Å²) < 4.78 is 5.83. The summed E-state index contributed by atoms with van der Waals surface area (Å²) in [7, 11) is 0. The van der Waals surface area contributed by atoms with Crippen molar-refractivity contribution in [3.05, 3.63) is 23.5 Å². The zero-order valence-corrected chi connectivity index (χ0v) is 13.3. The second-order valence-corrected chi connectivity index (χ2v) is 6.15. The summed E-state index contributed by atoms with van der Waals surface area (Å²) in [6, 6.07) is 2.67. The molecule has 0 amide bonds. The summed E-state index contributed by atoms with van der Waals surface area (Å²) in [5.74, 6) is 0. The van der Waals surface area contributed by atoms with Gasteiger partial charge < -0.3 is 15.0 Å². The second-order valence-electron chi connectivity index (χ2n) is 6.15. The van der Waals surface area contributed by atoms with Gasteiger partial charge >= 0.3 is 0 Å². The molecular weight excluding hydrogens is 250 g/mol. The third-order valence-corrected chi connectivity index (χ3v) is 3.56. The monoisotopic (exact) mass is 277 g/mol. The van der Waals surface area contributed by atoms with E-state index in [1.54, 1.807) is 0 Å². The highest BCUT2D eigenvalue weighted by Crippen LogP contribution is 2.25. The Morgan fingerprint density at radius 3 is 2.60 bits per heavy atom. The Kier molecular flexibility index (Phi) is 5.00. The van der Waals surface area contributed by atoms with Gasteiger partial charge in [0.2, 0.25) is 0 Å². The molecule has 2 rings (SSSR count).